The molecule has 1 aromatic rings. The number of hydrogen-bond acceptors (Lipinski definition) is 2. The molecule has 21 heavy (non-hydrogen) atoms. The Morgan fingerprint density at radius 2 is 1.76 bits per heavy atom. The fourth-order valence-corrected chi connectivity index (χ4v) is 4.19. The van der Waals surface area contributed by atoms with Crippen molar-refractivity contribution in [1.29, 1.82) is 0 Å². The van der Waals surface area contributed by atoms with Crippen LogP contribution in [0.2, 0.25) is 10.0 Å². The van der Waals surface area contributed by atoms with Crippen LogP contribution in [0.1, 0.15) is 45.1 Å². The molecule has 2 rings (SSSR count). The molecule has 1 aliphatic rings. The fraction of sp³-hybridized carbons (Fsp3) is 0.647. The maximum atomic E-state index is 6.67. The number of halogens is 2. The highest BCUT2D eigenvalue weighted by Crippen LogP contribution is 2.38. The van der Waals surface area contributed by atoms with Crippen LogP contribution < -0.4 is 5.73 Å². The quantitative estimate of drug-likeness (QED) is 0.831. The summed E-state index contributed by atoms with van der Waals surface area (Å²) in [5.74, 6) is 0. The third kappa shape index (κ3) is 3.56. The van der Waals surface area contributed by atoms with Crippen molar-refractivity contribution in [2.45, 2.75) is 57.5 Å². The summed E-state index contributed by atoms with van der Waals surface area (Å²) in [5.41, 5.74) is 7.99. The Hall–Kier alpha value is -0.280. The van der Waals surface area contributed by atoms with Gasteiger partial charge >= 0.3 is 0 Å². The van der Waals surface area contributed by atoms with Crippen molar-refractivity contribution in [2.75, 3.05) is 13.1 Å². The van der Waals surface area contributed by atoms with Crippen LogP contribution in [-0.2, 0) is 6.42 Å². The summed E-state index contributed by atoms with van der Waals surface area (Å²) in [5, 5.41) is 1.22. The van der Waals surface area contributed by atoms with Crippen LogP contribution in [0.25, 0.3) is 0 Å². The minimum atomic E-state index is 0.136. The van der Waals surface area contributed by atoms with Gasteiger partial charge < -0.3 is 5.73 Å². The molecule has 118 valence electrons. The summed E-state index contributed by atoms with van der Waals surface area (Å²) >= 11 is 12.1. The van der Waals surface area contributed by atoms with Gasteiger partial charge in [0.1, 0.15) is 0 Å². The van der Waals surface area contributed by atoms with Crippen molar-refractivity contribution in [1.82, 2.24) is 4.90 Å². The summed E-state index contributed by atoms with van der Waals surface area (Å²) in [6.07, 6.45) is 5.83. The smallest absolute Gasteiger partial charge is 0.0595 e. The Morgan fingerprint density at radius 3 is 2.29 bits per heavy atom. The Balaban J connectivity index is 2.18. The monoisotopic (exact) mass is 328 g/mol. The summed E-state index contributed by atoms with van der Waals surface area (Å²) in [7, 11) is 0. The highest BCUT2D eigenvalue weighted by atomic mass is 35.5. The first-order valence-corrected chi connectivity index (χ1v) is 8.73. The maximum Gasteiger partial charge on any atom is 0.0595 e. The lowest BCUT2D eigenvalue weighted by atomic mass is 9.83. The Labute approximate surface area is 138 Å². The number of hydrogen-bond donors (Lipinski definition) is 1. The van der Waals surface area contributed by atoms with Crippen LogP contribution in [0.15, 0.2) is 18.2 Å². The average molecular weight is 329 g/mol. The van der Waals surface area contributed by atoms with Gasteiger partial charge in [0.05, 0.1) is 10.0 Å². The van der Waals surface area contributed by atoms with E-state index in [4.69, 9.17) is 28.9 Å². The van der Waals surface area contributed by atoms with Gasteiger partial charge in [-0.2, -0.15) is 0 Å². The third-order valence-electron chi connectivity index (χ3n) is 4.99. The Bertz CT molecular complexity index is 466. The molecule has 4 heteroatoms. The molecule has 2 N–H and O–H groups in total. The van der Waals surface area contributed by atoms with E-state index >= 15 is 0 Å². The summed E-state index contributed by atoms with van der Waals surface area (Å²) in [6, 6.07) is 6.00. The normalized spacial score (nSPS) is 19.1. The first-order valence-electron chi connectivity index (χ1n) is 7.98. The van der Waals surface area contributed by atoms with E-state index in [2.05, 4.69) is 18.7 Å². The van der Waals surface area contributed by atoms with Crippen LogP contribution >= 0.6 is 23.2 Å². The number of rotatable bonds is 6. The number of benzene rings is 1. The average Bonchev–Trinajstić information content (AvgIpc) is 2.95. The lowest BCUT2D eigenvalue weighted by Crippen LogP contribution is -2.59. The van der Waals surface area contributed by atoms with Crippen LogP contribution in [0.5, 0.6) is 0 Å². The van der Waals surface area contributed by atoms with Gasteiger partial charge in [0.2, 0.25) is 0 Å². The van der Waals surface area contributed by atoms with E-state index in [-0.39, 0.29) is 11.6 Å². The first kappa shape index (κ1) is 17.1. The molecule has 0 aromatic heterocycles. The minimum absolute atomic E-state index is 0.136. The first-order chi connectivity index (χ1) is 10.0. The van der Waals surface area contributed by atoms with Gasteiger partial charge in [-0.1, -0.05) is 56.0 Å². The van der Waals surface area contributed by atoms with Crippen LogP contribution in [0.4, 0.5) is 0 Å². The molecule has 0 heterocycles. The van der Waals surface area contributed by atoms with Crippen molar-refractivity contribution in [3.63, 3.8) is 0 Å². The molecule has 1 aliphatic carbocycles. The molecule has 2 nitrogen and oxygen atoms in total. The minimum Gasteiger partial charge on any atom is -0.326 e. The second-order valence-electron chi connectivity index (χ2n) is 6.04. The second kappa shape index (κ2) is 7.32. The van der Waals surface area contributed by atoms with Crippen molar-refractivity contribution in [2.24, 2.45) is 5.73 Å². The van der Waals surface area contributed by atoms with Crippen molar-refractivity contribution < 1.29 is 0 Å². The van der Waals surface area contributed by atoms with Gasteiger partial charge in [0.25, 0.3) is 0 Å². The van der Waals surface area contributed by atoms with Gasteiger partial charge in [0, 0.05) is 11.6 Å². The molecular formula is C17H26Cl2N2. The zero-order valence-electron chi connectivity index (χ0n) is 13.0. The molecule has 0 saturated heterocycles. The number of nitrogens with two attached hydrogens (primary N) is 1. The van der Waals surface area contributed by atoms with Gasteiger partial charge in [0.15, 0.2) is 0 Å². The molecule has 0 spiro atoms. The van der Waals surface area contributed by atoms with Crippen molar-refractivity contribution in [3.05, 3.63) is 33.8 Å². The molecule has 0 bridgehead atoms. The SMILES string of the molecule is CCN(CC)C1(C(N)Cc2ccc(Cl)c(Cl)c2)CCCC1. The van der Waals surface area contributed by atoms with E-state index in [1.54, 1.807) is 0 Å². The number of likely N-dealkylation sites (N-methyl/N-ethyl adjacent to an activating group) is 1. The molecule has 0 radical (unpaired) electrons. The predicted molar refractivity (Wildman–Crippen MR) is 92.3 cm³/mol. The Kier molecular flexibility index (Phi) is 5.96. The molecular weight excluding hydrogens is 303 g/mol. The van der Waals surface area contributed by atoms with E-state index in [1.165, 1.54) is 31.2 Å². The highest BCUT2D eigenvalue weighted by Gasteiger charge is 2.43. The fourth-order valence-electron chi connectivity index (χ4n) is 3.87. The highest BCUT2D eigenvalue weighted by molar-refractivity contribution is 6.42. The molecule has 1 saturated carbocycles. The maximum absolute atomic E-state index is 6.67. The van der Waals surface area contributed by atoms with Crippen LogP contribution in [0.3, 0.4) is 0 Å². The summed E-state index contributed by atoms with van der Waals surface area (Å²) in [4.78, 5) is 2.56. The van der Waals surface area contributed by atoms with Crippen molar-refractivity contribution >= 4 is 23.2 Å². The standard InChI is InChI=1S/C17H26Cl2N2/c1-3-21(4-2)17(9-5-6-10-17)16(20)12-13-7-8-14(18)15(19)11-13/h7-8,11,16H,3-6,9-10,12,20H2,1-2H3. The van der Waals surface area contributed by atoms with E-state index in [9.17, 15) is 0 Å². The summed E-state index contributed by atoms with van der Waals surface area (Å²) < 4.78 is 0. The molecule has 1 unspecified atom stereocenters. The van der Waals surface area contributed by atoms with Crippen LogP contribution in [-0.4, -0.2) is 29.6 Å². The van der Waals surface area contributed by atoms with E-state index in [0.29, 0.717) is 10.0 Å². The number of nitrogens with zero attached hydrogens (tertiary/aromatic N) is 1. The zero-order valence-corrected chi connectivity index (χ0v) is 14.6. The largest absolute Gasteiger partial charge is 0.326 e. The van der Waals surface area contributed by atoms with Gasteiger partial charge in [-0.3, -0.25) is 4.90 Å². The van der Waals surface area contributed by atoms with Crippen LogP contribution in [0, 0.1) is 0 Å². The molecule has 1 atom stereocenters. The van der Waals surface area contributed by atoms with E-state index in [1.807, 2.05) is 18.2 Å². The lowest BCUT2D eigenvalue weighted by molar-refractivity contribution is 0.0772. The molecule has 0 amide bonds. The third-order valence-corrected chi connectivity index (χ3v) is 5.73. The summed E-state index contributed by atoms with van der Waals surface area (Å²) in [6.45, 7) is 6.59. The van der Waals surface area contributed by atoms with E-state index < -0.39 is 0 Å². The molecule has 1 aromatic carbocycles. The molecule has 0 aliphatic heterocycles. The van der Waals surface area contributed by atoms with E-state index in [0.717, 1.165) is 19.5 Å². The second-order valence-corrected chi connectivity index (χ2v) is 6.86. The zero-order chi connectivity index (χ0) is 15.5. The van der Waals surface area contributed by atoms with Gasteiger partial charge in [-0.05, 0) is 50.0 Å². The van der Waals surface area contributed by atoms with Crippen molar-refractivity contribution in [3.8, 4) is 0 Å². The molecule has 1 fully saturated rings. The lowest BCUT2D eigenvalue weighted by Gasteiger charge is -2.45. The predicted octanol–water partition coefficient (Wildman–Crippen LogP) is 4.52. The van der Waals surface area contributed by atoms with Gasteiger partial charge in [-0.15, -0.1) is 0 Å². The van der Waals surface area contributed by atoms with Gasteiger partial charge in [-0.25, -0.2) is 0 Å². The topological polar surface area (TPSA) is 29.3 Å². The Morgan fingerprint density at radius 1 is 1.14 bits per heavy atom.